The van der Waals surface area contributed by atoms with Crippen molar-refractivity contribution in [1.29, 1.82) is 0 Å². The maximum absolute atomic E-state index is 11.0. The van der Waals surface area contributed by atoms with Gasteiger partial charge in [-0.05, 0) is 12.3 Å². The monoisotopic (exact) mass is 172 g/mol. The van der Waals surface area contributed by atoms with Crippen molar-refractivity contribution in [3.63, 3.8) is 0 Å². The molecular weight excluding hydrogens is 152 g/mol. The fourth-order valence-corrected chi connectivity index (χ4v) is 1.15. The fourth-order valence-electron chi connectivity index (χ4n) is 1.15. The minimum Gasteiger partial charge on any atom is -0.469 e. The van der Waals surface area contributed by atoms with Crippen LogP contribution >= 0.6 is 0 Å². The first-order valence-corrected chi connectivity index (χ1v) is 4.65. The van der Waals surface area contributed by atoms with Gasteiger partial charge >= 0.3 is 5.97 Å². The molecule has 2 nitrogen and oxygen atoms in total. The molecular formula is C10H20O2. The molecule has 0 aromatic heterocycles. The quantitative estimate of drug-likeness (QED) is 0.596. The second kappa shape index (κ2) is 6.04. The molecule has 0 fully saturated rings. The van der Waals surface area contributed by atoms with Crippen LogP contribution in [0.25, 0.3) is 0 Å². The van der Waals surface area contributed by atoms with Gasteiger partial charge in [-0.25, -0.2) is 0 Å². The van der Waals surface area contributed by atoms with Gasteiger partial charge in [-0.15, -0.1) is 0 Å². The predicted octanol–water partition coefficient (Wildman–Crippen LogP) is 2.62. The van der Waals surface area contributed by atoms with Gasteiger partial charge in [-0.2, -0.15) is 0 Å². The first-order valence-electron chi connectivity index (χ1n) is 4.65. The molecule has 0 rings (SSSR count). The van der Waals surface area contributed by atoms with Crippen LogP contribution in [0, 0.1) is 11.8 Å². The molecule has 0 N–H and O–H groups in total. The summed E-state index contributed by atoms with van der Waals surface area (Å²) >= 11 is 0. The summed E-state index contributed by atoms with van der Waals surface area (Å²) in [6, 6.07) is 0. The Labute approximate surface area is 75.3 Å². The molecule has 0 amide bonds. The van der Waals surface area contributed by atoms with Crippen molar-refractivity contribution >= 4 is 5.97 Å². The van der Waals surface area contributed by atoms with Crippen molar-refractivity contribution in [3.05, 3.63) is 0 Å². The minimum absolute atomic E-state index is 0.0637. The number of hydrogen-bond acceptors (Lipinski definition) is 2. The van der Waals surface area contributed by atoms with Crippen molar-refractivity contribution in [1.82, 2.24) is 0 Å². The van der Waals surface area contributed by atoms with E-state index in [1.54, 1.807) is 0 Å². The lowest BCUT2D eigenvalue weighted by atomic mass is 10.00. The van der Waals surface area contributed by atoms with Gasteiger partial charge in [0.1, 0.15) is 0 Å². The Morgan fingerprint density at radius 3 is 2.25 bits per heavy atom. The zero-order valence-electron chi connectivity index (χ0n) is 8.59. The predicted molar refractivity (Wildman–Crippen MR) is 49.9 cm³/mol. The largest absolute Gasteiger partial charge is 0.469 e. The Hall–Kier alpha value is -0.530. The SMILES string of the molecule is COC(=O)[C@@H](C)CCCC(C)C. The molecule has 2 heteroatoms. The Balaban J connectivity index is 3.43. The van der Waals surface area contributed by atoms with Gasteiger partial charge in [0, 0.05) is 0 Å². The van der Waals surface area contributed by atoms with Gasteiger partial charge in [0.2, 0.25) is 0 Å². The summed E-state index contributed by atoms with van der Waals surface area (Å²) < 4.78 is 4.63. The molecule has 0 aliphatic heterocycles. The summed E-state index contributed by atoms with van der Waals surface area (Å²) in [5.41, 5.74) is 0. The van der Waals surface area contributed by atoms with E-state index in [0.29, 0.717) is 0 Å². The van der Waals surface area contributed by atoms with E-state index in [1.807, 2.05) is 6.92 Å². The number of carbonyl (C=O) groups excluding carboxylic acids is 1. The highest BCUT2D eigenvalue weighted by atomic mass is 16.5. The van der Waals surface area contributed by atoms with Crippen LogP contribution in [-0.2, 0) is 9.53 Å². The van der Waals surface area contributed by atoms with Crippen molar-refractivity contribution in [2.75, 3.05) is 7.11 Å². The van der Waals surface area contributed by atoms with Gasteiger partial charge in [-0.1, -0.05) is 33.6 Å². The first kappa shape index (κ1) is 11.5. The van der Waals surface area contributed by atoms with Crippen molar-refractivity contribution in [2.24, 2.45) is 11.8 Å². The van der Waals surface area contributed by atoms with Crippen LogP contribution in [0.1, 0.15) is 40.0 Å². The average Bonchev–Trinajstić information content (AvgIpc) is 2.02. The normalized spacial score (nSPS) is 13.1. The third kappa shape index (κ3) is 5.16. The summed E-state index contributed by atoms with van der Waals surface area (Å²) in [7, 11) is 1.45. The first-order chi connectivity index (χ1) is 5.57. The van der Waals surface area contributed by atoms with E-state index in [-0.39, 0.29) is 11.9 Å². The Kier molecular flexibility index (Phi) is 5.77. The van der Waals surface area contributed by atoms with E-state index < -0.39 is 0 Å². The molecule has 0 saturated heterocycles. The second-order valence-electron chi connectivity index (χ2n) is 3.75. The number of methoxy groups -OCH3 is 1. The molecule has 0 aliphatic carbocycles. The van der Waals surface area contributed by atoms with Crippen molar-refractivity contribution in [3.8, 4) is 0 Å². The topological polar surface area (TPSA) is 26.3 Å². The number of rotatable bonds is 5. The van der Waals surface area contributed by atoms with Gasteiger partial charge in [0.25, 0.3) is 0 Å². The zero-order chi connectivity index (χ0) is 9.56. The number of esters is 1. The van der Waals surface area contributed by atoms with Gasteiger partial charge in [-0.3, -0.25) is 4.79 Å². The van der Waals surface area contributed by atoms with Crippen LogP contribution in [0.15, 0.2) is 0 Å². The number of carbonyl (C=O) groups is 1. The van der Waals surface area contributed by atoms with Gasteiger partial charge in [0.15, 0.2) is 0 Å². The van der Waals surface area contributed by atoms with Crippen molar-refractivity contribution < 1.29 is 9.53 Å². The maximum atomic E-state index is 11.0. The maximum Gasteiger partial charge on any atom is 0.308 e. The zero-order valence-corrected chi connectivity index (χ0v) is 8.59. The van der Waals surface area contributed by atoms with E-state index in [1.165, 1.54) is 13.5 Å². The van der Waals surface area contributed by atoms with E-state index in [2.05, 4.69) is 18.6 Å². The minimum atomic E-state index is -0.0845. The summed E-state index contributed by atoms with van der Waals surface area (Å²) in [5, 5.41) is 0. The Bertz CT molecular complexity index is 130. The Morgan fingerprint density at radius 2 is 1.83 bits per heavy atom. The molecule has 0 aromatic rings. The standard InChI is InChI=1S/C10H20O2/c1-8(2)6-5-7-9(3)10(11)12-4/h8-9H,5-7H2,1-4H3/t9-/m0/s1. The smallest absolute Gasteiger partial charge is 0.308 e. The summed E-state index contributed by atoms with van der Waals surface area (Å²) in [6.07, 6.45) is 3.26. The van der Waals surface area contributed by atoms with Crippen LogP contribution in [-0.4, -0.2) is 13.1 Å². The van der Waals surface area contributed by atoms with E-state index in [4.69, 9.17) is 0 Å². The molecule has 1 atom stereocenters. The fraction of sp³-hybridized carbons (Fsp3) is 0.900. The lowest BCUT2D eigenvalue weighted by Crippen LogP contribution is -2.12. The lowest BCUT2D eigenvalue weighted by molar-refractivity contribution is -0.145. The lowest BCUT2D eigenvalue weighted by Gasteiger charge is -2.09. The molecule has 0 bridgehead atoms. The van der Waals surface area contributed by atoms with Crippen LogP contribution in [0.4, 0.5) is 0 Å². The highest BCUT2D eigenvalue weighted by Crippen LogP contribution is 2.12. The third-order valence-electron chi connectivity index (χ3n) is 2.02. The summed E-state index contributed by atoms with van der Waals surface area (Å²) in [4.78, 5) is 11.0. The molecule has 12 heavy (non-hydrogen) atoms. The van der Waals surface area contributed by atoms with Crippen LogP contribution in [0.2, 0.25) is 0 Å². The molecule has 0 aliphatic rings. The number of ether oxygens (including phenoxy) is 1. The van der Waals surface area contributed by atoms with Gasteiger partial charge < -0.3 is 4.74 Å². The summed E-state index contributed by atoms with van der Waals surface area (Å²) in [6.45, 7) is 6.32. The van der Waals surface area contributed by atoms with E-state index >= 15 is 0 Å². The van der Waals surface area contributed by atoms with Crippen LogP contribution in [0.3, 0.4) is 0 Å². The van der Waals surface area contributed by atoms with E-state index in [0.717, 1.165) is 18.8 Å². The molecule has 0 heterocycles. The van der Waals surface area contributed by atoms with Crippen LogP contribution in [0.5, 0.6) is 0 Å². The van der Waals surface area contributed by atoms with Crippen molar-refractivity contribution in [2.45, 2.75) is 40.0 Å². The highest BCUT2D eigenvalue weighted by Gasteiger charge is 2.11. The third-order valence-corrected chi connectivity index (χ3v) is 2.02. The highest BCUT2D eigenvalue weighted by molar-refractivity contribution is 5.71. The summed E-state index contributed by atoms with van der Waals surface area (Å²) in [5.74, 6) is 0.711. The second-order valence-corrected chi connectivity index (χ2v) is 3.75. The average molecular weight is 172 g/mol. The van der Waals surface area contributed by atoms with Crippen LogP contribution < -0.4 is 0 Å². The molecule has 0 spiro atoms. The van der Waals surface area contributed by atoms with E-state index in [9.17, 15) is 4.79 Å². The molecule has 72 valence electrons. The molecule has 0 aromatic carbocycles. The molecule has 0 saturated carbocycles. The van der Waals surface area contributed by atoms with Gasteiger partial charge in [0.05, 0.1) is 13.0 Å². The Morgan fingerprint density at radius 1 is 1.25 bits per heavy atom. The molecule has 0 unspecified atom stereocenters. The molecule has 0 radical (unpaired) electrons. The number of hydrogen-bond donors (Lipinski definition) is 0.